The maximum atomic E-state index is 13.2. The fraction of sp³-hybridized carbons (Fsp3) is 0.440. The first-order valence-corrected chi connectivity index (χ1v) is 13.3. The van der Waals surface area contributed by atoms with E-state index in [4.69, 9.17) is 4.74 Å². The van der Waals surface area contributed by atoms with Gasteiger partial charge in [-0.05, 0) is 43.0 Å². The van der Waals surface area contributed by atoms with Gasteiger partial charge in [0.1, 0.15) is 5.00 Å². The lowest BCUT2D eigenvalue weighted by Crippen LogP contribution is -2.34. The van der Waals surface area contributed by atoms with E-state index >= 15 is 0 Å². The summed E-state index contributed by atoms with van der Waals surface area (Å²) >= 11 is 2.72. The molecule has 35 heavy (non-hydrogen) atoms. The van der Waals surface area contributed by atoms with Crippen LogP contribution >= 0.6 is 23.1 Å². The Kier molecular flexibility index (Phi) is 9.33. The summed E-state index contributed by atoms with van der Waals surface area (Å²) in [5, 5.41) is 5.87. The van der Waals surface area contributed by atoms with Crippen LogP contribution in [0.3, 0.4) is 0 Å². The van der Waals surface area contributed by atoms with E-state index in [1.807, 2.05) is 38.1 Å². The lowest BCUT2D eigenvalue weighted by molar-refractivity contribution is -0.129. The van der Waals surface area contributed by atoms with Crippen molar-refractivity contribution in [1.29, 1.82) is 0 Å². The van der Waals surface area contributed by atoms with Crippen LogP contribution in [0.25, 0.3) is 0 Å². The van der Waals surface area contributed by atoms with E-state index in [9.17, 15) is 19.2 Å². The molecule has 188 valence electrons. The highest BCUT2D eigenvalue weighted by molar-refractivity contribution is 8.00. The molecule has 1 aliphatic heterocycles. The van der Waals surface area contributed by atoms with Crippen molar-refractivity contribution in [3.63, 3.8) is 0 Å². The van der Waals surface area contributed by atoms with E-state index < -0.39 is 11.2 Å². The van der Waals surface area contributed by atoms with Crippen LogP contribution in [0.5, 0.6) is 0 Å². The van der Waals surface area contributed by atoms with E-state index in [-0.39, 0.29) is 17.7 Å². The van der Waals surface area contributed by atoms with Crippen molar-refractivity contribution in [3.05, 3.63) is 40.3 Å². The molecule has 0 radical (unpaired) electrons. The molecule has 8 nitrogen and oxygen atoms in total. The molecular weight excluding hydrogens is 486 g/mol. The van der Waals surface area contributed by atoms with E-state index in [0.717, 1.165) is 21.8 Å². The summed E-state index contributed by atoms with van der Waals surface area (Å²) in [6, 6.07) is 7.42. The summed E-state index contributed by atoms with van der Waals surface area (Å²) in [6.07, 6.45) is 2.33. The Balaban J connectivity index is 1.78. The summed E-state index contributed by atoms with van der Waals surface area (Å²) in [6.45, 7) is 6.34. The fourth-order valence-corrected chi connectivity index (χ4v) is 6.12. The van der Waals surface area contributed by atoms with Crippen molar-refractivity contribution >= 4 is 57.5 Å². The Morgan fingerprint density at radius 1 is 1.20 bits per heavy atom. The minimum Gasteiger partial charge on any atom is -0.465 e. The minimum absolute atomic E-state index is 0.0233. The number of rotatable bonds is 9. The zero-order valence-corrected chi connectivity index (χ0v) is 22.1. The van der Waals surface area contributed by atoms with E-state index in [1.165, 1.54) is 37.1 Å². The van der Waals surface area contributed by atoms with Gasteiger partial charge in [-0.2, -0.15) is 0 Å². The van der Waals surface area contributed by atoms with Gasteiger partial charge in [-0.3, -0.25) is 14.4 Å². The molecule has 3 amide bonds. The summed E-state index contributed by atoms with van der Waals surface area (Å²) < 4.78 is 5.00. The van der Waals surface area contributed by atoms with Gasteiger partial charge in [-0.1, -0.05) is 19.9 Å². The molecule has 3 rings (SSSR count). The van der Waals surface area contributed by atoms with E-state index in [2.05, 4.69) is 10.6 Å². The van der Waals surface area contributed by atoms with Crippen molar-refractivity contribution < 1.29 is 23.9 Å². The Morgan fingerprint density at radius 3 is 2.63 bits per heavy atom. The molecular formula is C25H31N3O5S2. The summed E-state index contributed by atoms with van der Waals surface area (Å²) in [5.41, 5.74) is 1.91. The lowest BCUT2D eigenvalue weighted by atomic mass is 10.0. The molecule has 1 aromatic carbocycles. The number of nitrogens with one attached hydrogen (secondary N) is 2. The zero-order chi connectivity index (χ0) is 25.5. The Hall–Kier alpha value is -2.85. The molecule has 0 fully saturated rings. The largest absolute Gasteiger partial charge is 0.465 e. The van der Waals surface area contributed by atoms with Crippen LogP contribution in [0.15, 0.2) is 29.2 Å². The van der Waals surface area contributed by atoms with E-state index in [1.54, 1.807) is 4.90 Å². The number of benzene rings is 1. The van der Waals surface area contributed by atoms with Crippen LogP contribution in [0.2, 0.25) is 0 Å². The molecule has 0 aliphatic carbocycles. The average molecular weight is 518 g/mol. The first kappa shape index (κ1) is 26.7. The van der Waals surface area contributed by atoms with Gasteiger partial charge >= 0.3 is 5.97 Å². The topological polar surface area (TPSA) is 105 Å². The van der Waals surface area contributed by atoms with Crippen molar-refractivity contribution in [1.82, 2.24) is 4.90 Å². The Morgan fingerprint density at radius 2 is 1.97 bits per heavy atom. The lowest BCUT2D eigenvalue weighted by Gasteiger charge is -2.25. The van der Waals surface area contributed by atoms with Gasteiger partial charge in [0.05, 0.1) is 24.5 Å². The predicted octanol–water partition coefficient (Wildman–Crippen LogP) is 4.69. The molecule has 1 unspecified atom stereocenters. The van der Waals surface area contributed by atoms with Gasteiger partial charge in [-0.25, -0.2) is 4.79 Å². The van der Waals surface area contributed by atoms with Crippen molar-refractivity contribution in [3.8, 4) is 0 Å². The van der Waals surface area contributed by atoms with Gasteiger partial charge in [0, 0.05) is 35.3 Å². The maximum Gasteiger partial charge on any atom is 0.341 e. The summed E-state index contributed by atoms with van der Waals surface area (Å²) in [5.74, 6) is -0.778. The number of thiophene rings is 1. The summed E-state index contributed by atoms with van der Waals surface area (Å²) in [7, 11) is 1.32. The van der Waals surface area contributed by atoms with Gasteiger partial charge in [-0.15, -0.1) is 23.1 Å². The molecule has 0 bridgehead atoms. The molecule has 1 atom stereocenters. The van der Waals surface area contributed by atoms with Gasteiger partial charge in [0.15, 0.2) is 0 Å². The normalized spacial score (nSPS) is 13.5. The van der Waals surface area contributed by atoms with E-state index in [0.29, 0.717) is 48.6 Å². The standard InChI is InChI=1S/C25H31N3O5S2/c1-5-8-21(30)26-16-9-7-10-17(13-16)34-19(6-2)23(31)27-24-22(25(32)33-4)18-11-12-28(15(3)29)14-20(18)35-24/h7,9-10,13,19H,5-6,8,11-12,14H2,1-4H3,(H,26,30)(H,27,31). The smallest absolute Gasteiger partial charge is 0.341 e. The molecule has 10 heteroatoms. The third-order valence-corrected chi connectivity index (χ3v) is 8.16. The number of hydrogen-bond donors (Lipinski definition) is 2. The Labute approximate surface area is 213 Å². The number of ether oxygens (including phenoxy) is 1. The SMILES string of the molecule is CCCC(=O)Nc1cccc(SC(CC)C(=O)Nc2sc3c(c2C(=O)OC)CCN(C(C)=O)C3)c1. The van der Waals surface area contributed by atoms with Gasteiger partial charge < -0.3 is 20.3 Å². The van der Waals surface area contributed by atoms with Crippen molar-refractivity contribution in [2.45, 2.75) is 63.1 Å². The monoisotopic (exact) mass is 517 g/mol. The molecule has 2 N–H and O–H groups in total. The van der Waals surface area contributed by atoms with Crippen LogP contribution in [-0.4, -0.2) is 47.5 Å². The fourth-order valence-electron chi connectivity index (χ4n) is 3.85. The second-order valence-electron chi connectivity index (χ2n) is 8.22. The van der Waals surface area contributed by atoms with Crippen molar-refractivity contribution in [2.24, 2.45) is 0 Å². The number of esters is 1. The third kappa shape index (κ3) is 6.64. The third-order valence-electron chi connectivity index (χ3n) is 5.66. The van der Waals surface area contributed by atoms with Crippen molar-refractivity contribution in [2.75, 3.05) is 24.3 Å². The van der Waals surface area contributed by atoms with Gasteiger partial charge in [0.25, 0.3) is 0 Å². The van der Waals surface area contributed by atoms with Crippen LogP contribution in [0.1, 0.15) is 60.8 Å². The quantitative estimate of drug-likeness (QED) is 0.369. The summed E-state index contributed by atoms with van der Waals surface area (Å²) in [4.78, 5) is 53.0. The molecule has 0 saturated heterocycles. The highest BCUT2D eigenvalue weighted by Crippen LogP contribution is 2.38. The molecule has 1 aromatic heterocycles. The predicted molar refractivity (Wildman–Crippen MR) is 139 cm³/mol. The number of thioether (sulfide) groups is 1. The number of carbonyl (C=O) groups excluding carboxylic acids is 4. The number of amides is 3. The molecule has 2 aromatic rings. The average Bonchev–Trinajstić information content (AvgIpc) is 3.19. The minimum atomic E-state index is -0.495. The second-order valence-corrected chi connectivity index (χ2v) is 10.6. The highest BCUT2D eigenvalue weighted by atomic mass is 32.2. The van der Waals surface area contributed by atoms with Crippen LogP contribution in [-0.2, 0) is 32.1 Å². The van der Waals surface area contributed by atoms with Crippen LogP contribution in [0, 0.1) is 0 Å². The van der Waals surface area contributed by atoms with Crippen LogP contribution in [0.4, 0.5) is 10.7 Å². The van der Waals surface area contributed by atoms with Crippen LogP contribution < -0.4 is 10.6 Å². The number of anilines is 2. The maximum absolute atomic E-state index is 13.2. The first-order chi connectivity index (χ1) is 16.8. The number of methoxy groups -OCH3 is 1. The highest BCUT2D eigenvalue weighted by Gasteiger charge is 2.31. The Bertz CT molecular complexity index is 1110. The molecule has 0 saturated carbocycles. The molecule has 1 aliphatic rings. The first-order valence-electron chi connectivity index (χ1n) is 11.6. The number of fused-ring (bicyclic) bond motifs is 1. The number of hydrogen-bond acceptors (Lipinski definition) is 7. The zero-order valence-electron chi connectivity index (χ0n) is 20.4. The van der Waals surface area contributed by atoms with Gasteiger partial charge in [0.2, 0.25) is 17.7 Å². The number of nitrogens with zero attached hydrogens (tertiary/aromatic N) is 1. The molecule has 0 spiro atoms. The second kappa shape index (κ2) is 12.2. The number of carbonyl (C=O) groups is 4. The molecule has 2 heterocycles.